The van der Waals surface area contributed by atoms with E-state index in [-0.39, 0.29) is 6.04 Å². The van der Waals surface area contributed by atoms with Gasteiger partial charge in [0.15, 0.2) is 0 Å². The van der Waals surface area contributed by atoms with Crippen molar-refractivity contribution in [3.8, 4) is 11.5 Å². The van der Waals surface area contributed by atoms with Gasteiger partial charge in [0.05, 0.1) is 6.04 Å². The summed E-state index contributed by atoms with van der Waals surface area (Å²) in [5, 5.41) is 19.1. The number of nitrogens with zero attached hydrogens (tertiary/aromatic N) is 1. The predicted molar refractivity (Wildman–Crippen MR) is 75.7 cm³/mol. The third-order valence-corrected chi connectivity index (χ3v) is 3.83. The number of phenolic OH excluding ortho intramolecular Hbond substituents is 2. The Labute approximate surface area is 112 Å². The Morgan fingerprint density at radius 1 is 1.05 bits per heavy atom. The van der Waals surface area contributed by atoms with Gasteiger partial charge in [0, 0.05) is 18.3 Å². The van der Waals surface area contributed by atoms with E-state index in [1.165, 1.54) is 11.1 Å². The lowest BCUT2D eigenvalue weighted by Crippen LogP contribution is -2.33. The minimum atomic E-state index is 0.242. The first-order chi connectivity index (χ1) is 9.15. The van der Waals surface area contributed by atoms with Crippen LogP contribution >= 0.6 is 0 Å². The smallest absolute Gasteiger partial charge is 0.117 e. The van der Waals surface area contributed by atoms with Gasteiger partial charge in [-0.3, -0.25) is 0 Å². The molecule has 0 aromatic heterocycles. The summed E-state index contributed by atoms with van der Waals surface area (Å²) in [6, 6.07) is 13.2. The molecule has 1 aliphatic heterocycles. The molecule has 3 heteroatoms. The zero-order valence-corrected chi connectivity index (χ0v) is 10.9. The van der Waals surface area contributed by atoms with E-state index in [0.29, 0.717) is 11.5 Å². The minimum absolute atomic E-state index is 0.242. The molecule has 1 atom stereocenters. The summed E-state index contributed by atoms with van der Waals surface area (Å²) in [5.41, 5.74) is 3.49. The zero-order chi connectivity index (χ0) is 13.4. The summed E-state index contributed by atoms with van der Waals surface area (Å²) in [7, 11) is 0. The molecule has 0 saturated heterocycles. The highest BCUT2D eigenvalue weighted by Gasteiger charge is 2.24. The van der Waals surface area contributed by atoms with Crippen LogP contribution < -0.4 is 4.90 Å². The van der Waals surface area contributed by atoms with Gasteiger partial charge < -0.3 is 15.1 Å². The molecule has 2 aromatic carbocycles. The van der Waals surface area contributed by atoms with Crippen molar-refractivity contribution in [2.24, 2.45) is 0 Å². The van der Waals surface area contributed by atoms with Crippen molar-refractivity contribution in [1.82, 2.24) is 0 Å². The summed E-state index contributed by atoms with van der Waals surface area (Å²) >= 11 is 0. The SMILES string of the molecule is CC1c2ccc(O)cc2CCN1c1cccc(O)c1. The summed E-state index contributed by atoms with van der Waals surface area (Å²) in [6.45, 7) is 3.04. The molecule has 19 heavy (non-hydrogen) atoms. The standard InChI is InChI=1S/C16H17NO2/c1-11-16-6-5-15(19)9-12(16)7-8-17(11)13-3-2-4-14(18)10-13/h2-6,9-11,18-19H,7-8H2,1H3. The maximum Gasteiger partial charge on any atom is 0.117 e. The van der Waals surface area contributed by atoms with E-state index in [0.717, 1.165) is 18.7 Å². The molecule has 0 radical (unpaired) electrons. The fourth-order valence-corrected chi connectivity index (χ4v) is 2.84. The number of anilines is 1. The van der Waals surface area contributed by atoms with Gasteiger partial charge >= 0.3 is 0 Å². The molecule has 1 unspecified atom stereocenters. The molecule has 0 saturated carbocycles. The van der Waals surface area contributed by atoms with Crippen LogP contribution in [0.1, 0.15) is 24.1 Å². The van der Waals surface area contributed by atoms with Crippen LogP contribution in [-0.4, -0.2) is 16.8 Å². The molecule has 0 bridgehead atoms. The van der Waals surface area contributed by atoms with Crippen LogP contribution in [0, 0.1) is 0 Å². The molecule has 0 aliphatic carbocycles. The Bertz CT molecular complexity index is 609. The van der Waals surface area contributed by atoms with Gasteiger partial charge in [-0.05, 0) is 48.7 Å². The number of aromatic hydroxyl groups is 2. The minimum Gasteiger partial charge on any atom is -0.508 e. The second kappa shape index (κ2) is 4.50. The number of fused-ring (bicyclic) bond motifs is 1. The fraction of sp³-hybridized carbons (Fsp3) is 0.250. The van der Waals surface area contributed by atoms with Gasteiger partial charge in [-0.2, -0.15) is 0 Å². The molecule has 0 amide bonds. The Kier molecular flexibility index (Phi) is 2.82. The van der Waals surface area contributed by atoms with Crippen LogP contribution in [0.15, 0.2) is 42.5 Å². The fourth-order valence-electron chi connectivity index (χ4n) is 2.84. The first kappa shape index (κ1) is 11.9. The molecular weight excluding hydrogens is 238 g/mol. The second-order valence-corrected chi connectivity index (χ2v) is 5.02. The molecule has 1 aliphatic rings. The van der Waals surface area contributed by atoms with Gasteiger partial charge in [0.1, 0.15) is 11.5 Å². The lowest BCUT2D eigenvalue weighted by molar-refractivity contribution is 0.472. The van der Waals surface area contributed by atoms with Gasteiger partial charge in [0.25, 0.3) is 0 Å². The highest BCUT2D eigenvalue weighted by Crippen LogP contribution is 2.35. The maximum absolute atomic E-state index is 9.60. The normalized spacial score (nSPS) is 18.2. The van der Waals surface area contributed by atoms with Crippen LogP contribution in [0.2, 0.25) is 0 Å². The van der Waals surface area contributed by atoms with Crippen LogP contribution in [0.4, 0.5) is 5.69 Å². The van der Waals surface area contributed by atoms with Gasteiger partial charge in [0.2, 0.25) is 0 Å². The molecule has 2 N–H and O–H groups in total. The average Bonchev–Trinajstić information content (AvgIpc) is 2.39. The number of rotatable bonds is 1. The van der Waals surface area contributed by atoms with Crippen LogP contribution in [0.5, 0.6) is 11.5 Å². The Morgan fingerprint density at radius 2 is 1.84 bits per heavy atom. The number of hydrogen-bond acceptors (Lipinski definition) is 3. The lowest BCUT2D eigenvalue weighted by Gasteiger charge is -2.37. The van der Waals surface area contributed by atoms with E-state index in [1.807, 2.05) is 24.3 Å². The third kappa shape index (κ3) is 2.12. The summed E-state index contributed by atoms with van der Waals surface area (Å²) in [5.74, 6) is 0.623. The molecule has 0 spiro atoms. The molecule has 0 fully saturated rings. The third-order valence-electron chi connectivity index (χ3n) is 3.83. The van der Waals surface area contributed by atoms with E-state index in [1.54, 1.807) is 18.2 Å². The molecule has 1 heterocycles. The van der Waals surface area contributed by atoms with Crippen molar-refractivity contribution in [2.45, 2.75) is 19.4 Å². The number of benzene rings is 2. The van der Waals surface area contributed by atoms with E-state index in [4.69, 9.17) is 0 Å². The van der Waals surface area contributed by atoms with E-state index >= 15 is 0 Å². The van der Waals surface area contributed by atoms with E-state index < -0.39 is 0 Å². The highest BCUT2D eigenvalue weighted by molar-refractivity contribution is 5.55. The predicted octanol–water partition coefficient (Wildman–Crippen LogP) is 3.22. The number of phenols is 2. The summed E-state index contributed by atoms with van der Waals surface area (Å²) in [6.07, 6.45) is 0.906. The molecule has 2 aromatic rings. The van der Waals surface area contributed by atoms with Crippen molar-refractivity contribution < 1.29 is 10.2 Å². The first-order valence-electron chi connectivity index (χ1n) is 6.52. The van der Waals surface area contributed by atoms with Gasteiger partial charge in [-0.1, -0.05) is 12.1 Å². The Hall–Kier alpha value is -2.16. The Morgan fingerprint density at radius 3 is 2.63 bits per heavy atom. The molecule has 98 valence electrons. The van der Waals surface area contributed by atoms with Crippen LogP contribution in [0.3, 0.4) is 0 Å². The quantitative estimate of drug-likeness (QED) is 0.822. The monoisotopic (exact) mass is 255 g/mol. The summed E-state index contributed by atoms with van der Waals surface area (Å²) < 4.78 is 0. The highest BCUT2D eigenvalue weighted by atomic mass is 16.3. The van der Waals surface area contributed by atoms with Crippen LogP contribution in [-0.2, 0) is 6.42 Å². The zero-order valence-electron chi connectivity index (χ0n) is 10.9. The van der Waals surface area contributed by atoms with Gasteiger partial charge in [-0.25, -0.2) is 0 Å². The van der Waals surface area contributed by atoms with Crippen molar-refractivity contribution >= 4 is 5.69 Å². The summed E-state index contributed by atoms with van der Waals surface area (Å²) in [4.78, 5) is 2.28. The van der Waals surface area contributed by atoms with E-state index in [2.05, 4.69) is 11.8 Å². The van der Waals surface area contributed by atoms with Crippen molar-refractivity contribution in [3.05, 3.63) is 53.6 Å². The Balaban J connectivity index is 1.97. The molecular formula is C16H17NO2. The van der Waals surface area contributed by atoms with Crippen molar-refractivity contribution in [1.29, 1.82) is 0 Å². The van der Waals surface area contributed by atoms with E-state index in [9.17, 15) is 10.2 Å². The van der Waals surface area contributed by atoms with Crippen LogP contribution in [0.25, 0.3) is 0 Å². The topological polar surface area (TPSA) is 43.7 Å². The lowest BCUT2D eigenvalue weighted by atomic mass is 9.93. The van der Waals surface area contributed by atoms with Crippen molar-refractivity contribution in [2.75, 3.05) is 11.4 Å². The van der Waals surface area contributed by atoms with Crippen molar-refractivity contribution in [3.63, 3.8) is 0 Å². The molecule has 3 nitrogen and oxygen atoms in total. The second-order valence-electron chi connectivity index (χ2n) is 5.02. The van der Waals surface area contributed by atoms with Gasteiger partial charge in [-0.15, -0.1) is 0 Å². The maximum atomic E-state index is 9.60. The largest absolute Gasteiger partial charge is 0.508 e. The molecule has 3 rings (SSSR count). The number of hydrogen-bond donors (Lipinski definition) is 2. The average molecular weight is 255 g/mol. The first-order valence-corrected chi connectivity index (χ1v) is 6.52.